The van der Waals surface area contributed by atoms with Crippen LogP contribution in [0.5, 0.6) is 11.5 Å². The molecule has 3 rings (SSSR count). The molecule has 7 nitrogen and oxygen atoms in total. The third-order valence-corrected chi connectivity index (χ3v) is 5.09. The number of nitrogens with one attached hydrogen (secondary N) is 2. The van der Waals surface area contributed by atoms with Crippen molar-refractivity contribution in [3.63, 3.8) is 0 Å². The van der Waals surface area contributed by atoms with Gasteiger partial charge in [0.15, 0.2) is 11.5 Å². The summed E-state index contributed by atoms with van der Waals surface area (Å²) >= 11 is 0. The summed E-state index contributed by atoms with van der Waals surface area (Å²) in [4.78, 5) is 28.9. The normalized spacial score (nSPS) is 13.7. The van der Waals surface area contributed by atoms with Gasteiger partial charge in [-0.2, -0.15) is 0 Å². The van der Waals surface area contributed by atoms with E-state index in [2.05, 4.69) is 15.6 Å². The molecule has 2 aromatic rings. The number of carbonyl (C=O) groups excluding carboxylic acids is 2. The summed E-state index contributed by atoms with van der Waals surface area (Å²) < 4.78 is 10.5. The number of hydrogen-bond donors (Lipinski definition) is 2. The molecule has 0 bridgehead atoms. The van der Waals surface area contributed by atoms with Crippen molar-refractivity contribution >= 4 is 11.8 Å². The molecule has 154 valence electrons. The number of benzene rings is 1. The number of methoxy groups -OCH3 is 2. The lowest BCUT2D eigenvalue weighted by Gasteiger charge is -2.12. The van der Waals surface area contributed by atoms with Gasteiger partial charge in [-0.05, 0) is 49.1 Å². The zero-order valence-electron chi connectivity index (χ0n) is 16.9. The van der Waals surface area contributed by atoms with E-state index in [1.165, 1.54) is 12.3 Å². The van der Waals surface area contributed by atoms with Gasteiger partial charge in [-0.3, -0.25) is 14.6 Å². The van der Waals surface area contributed by atoms with Crippen molar-refractivity contribution in [3.8, 4) is 11.5 Å². The molecule has 0 aliphatic heterocycles. The Morgan fingerprint density at radius 2 is 1.79 bits per heavy atom. The second-order valence-electron chi connectivity index (χ2n) is 7.08. The van der Waals surface area contributed by atoms with E-state index in [-0.39, 0.29) is 23.6 Å². The van der Waals surface area contributed by atoms with Crippen LogP contribution in [-0.4, -0.2) is 43.6 Å². The van der Waals surface area contributed by atoms with Gasteiger partial charge in [-0.15, -0.1) is 0 Å². The van der Waals surface area contributed by atoms with Crippen LogP contribution in [0.25, 0.3) is 0 Å². The van der Waals surface area contributed by atoms with E-state index in [9.17, 15) is 9.59 Å². The lowest BCUT2D eigenvalue weighted by molar-refractivity contribution is 0.0937. The molecule has 29 heavy (non-hydrogen) atoms. The Hall–Kier alpha value is -3.09. The van der Waals surface area contributed by atoms with Gasteiger partial charge in [-0.25, -0.2) is 0 Å². The maximum atomic E-state index is 12.4. The van der Waals surface area contributed by atoms with Crippen LogP contribution in [0, 0.1) is 0 Å². The van der Waals surface area contributed by atoms with Crippen LogP contribution in [0.2, 0.25) is 0 Å². The lowest BCUT2D eigenvalue weighted by Crippen LogP contribution is -2.33. The molecule has 0 unspecified atom stereocenters. The van der Waals surface area contributed by atoms with E-state index in [4.69, 9.17) is 9.47 Å². The average molecular weight is 397 g/mol. The first-order valence-electron chi connectivity index (χ1n) is 9.86. The van der Waals surface area contributed by atoms with Gasteiger partial charge in [-0.1, -0.05) is 18.9 Å². The van der Waals surface area contributed by atoms with Crippen molar-refractivity contribution in [2.24, 2.45) is 0 Å². The highest BCUT2D eigenvalue weighted by Gasteiger charge is 2.19. The molecule has 1 saturated carbocycles. The smallest absolute Gasteiger partial charge is 0.269 e. The monoisotopic (exact) mass is 397 g/mol. The summed E-state index contributed by atoms with van der Waals surface area (Å²) in [5.41, 5.74) is 1.70. The summed E-state index contributed by atoms with van der Waals surface area (Å²) in [6.07, 6.45) is 6.45. The van der Waals surface area contributed by atoms with E-state index in [1.54, 1.807) is 20.3 Å². The fourth-order valence-electron chi connectivity index (χ4n) is 3.48. The predicted octanol–water partition coefficient (Wildman–Crippen LogP) is 2.74. The van der Waals surface area contributed by atoms with Gasteiger partial charge in [0.2, 0.25) is 0 Å². The molecule has 0 saturated heterocycles. The number of nitrogens with zero attached hydrogens (tertiary/aromatic N) is 1. The Kier molecular flexibility index (Phi) is 7.05. The molecule has 7 heteroatoms. The Balaban J connectivity index is 1.54. The molecule has 0 atom stereocenters. The van der Waals surface area contributed by atoms with E-state index < -0.39 is 0 Å². The first kappa shape index (κ1) is 20.6. The summed E-state index contributed by atoms with van der Waals surface area (Å²) in [6, 6.07) is 9.05. The Morgan fingerprint density at radius 3 is 2.52 bits per heavy atom. The van der Waals surface area contributed by atoms with E-state index in [1.807, 2.05) is 18.2 Å². The van der Waals surface area contributed by atoms with Crippen molar-refractivity contribution in [3.05, 3.63) is 53.3 Å². The maximum Gasteiger partial charge on any atom is 0.269 e. The molecule has 2 amide bonds. The molecular weight excluding hydrogens is 370 g/mol. The van der Waals surface area contributed by atoms with Crippen LogP contribution in [0.15, 0.2) is 36.5 Å². The van der Waals surface area contributed by atoms with Gasteiger partial charge < -0.3 is 20.1 Å². The van der Waals surface area contributed by atoms with Crippen LogP contribution < -0.4 is 20.1 Å². The number of hydrogen-bond acceptors (Lipinski definition) is 5. The minimum Gasteiger partial charge on any atom is -0.493 e. The zero-order valence-corrected chi connectivity index (χ0v) is 16.9. The summed E-state index contributed by atoms with van der Waals surface area (Å²) in [7, 11) is 3.18. The summed E-state index contributed by atoms with van der Waals surface area (Å²) in [6.45, 7) is 0.439. The largest absolute Gasteiger partial charge is 0.493 e. The van der Waals surface area contributed by atoms with E-state index in [0.717, 1.165) is 31.2 Å². The van der Waals surface area contributed by atoms with Crippen LogP contribution in [0.1, 0.15) is 52.1 Å². The molecule has 1 aliphatic carbocycles. The number of amides is 2. The molecule has 1 fully saturated rings. The van der Waals surface area contributed by atoms with Crippen LogP contribution in [0.3, 0.4) is 0 Å². The van der Waals surface area contributed by atoms with Crippen molar-refractivity contribution in [1.29, 1.82) is 0 Å². The van der Waals surface area contributed by atoms with Crippen molar-refractivity contribution < 1.29 is 19.1 Å². The first-order chi connectivity index (χ1) is 14.1. The molecule has 1 aliphatic rings. The predicted molar refractivity (Wildman–Crippen MR) is 110 cm³/mol. The Morgan fingerprint density at radius 1 is 1.03 bits per heavy atom. The zero-order chi connectivity index (χ0) is 20.6. The number of ether oxygens (including phenoxy) is 2. The van der Waals surface area contributed by atoms with Crippen molar-refractivity contribution in [2.75, 3.05) is 20.8 Å². The molecular formula is C22H27N3O4. The molecule has 0 radical (unpaired) electrons. The highest BCUT2D eigenvalue weighted by Crippen LogP contribution is 2.27. The molecule has 2 N–H and O–H groups in total. The third-order valence-electron chi connectivity index (χ3n) is 5.09. The summed E-state index contributed by atoms with van der Waals surface area (Å²) in [5, 5.41) is 5.87. The molecule has 1 aromatic heterocycles. The lowest BCUT2D eigenvalue weighted by atomic mass is 10.1. The maximum absolute atomic E-state index is 12.4. The van der Waals surface area contributed by atoms with Crippen LogP contribution >= 0.6 is 0 Å². The number of pyridine rings is 1. The number of aromatic nitrogens is 1. The highest BCUT2D eigenvalue weighted by atomic mass is 16.5. The fraction of sp³-hybridized carbons (Fsp3) is 0.409. The topological polar surface area (TPSA) is 89.5 Å². The first-order valence-corrected chi connectivity index (χ1v) is 9.86. The van der Waals surface area contributed by atoms with E-state index >= 15 is 0 Å². The SMILES string of the molecule is COc1ccc(CCNC(=O)c2cc(C(=O)NC3CCCC3)ccn2)cc1OC. The van der Waals surface area contributed by atoms with E-state index in [0.29, 0.717) is 30.0 Å². The van der Waals surface area contributed by atoms with Gasteiger partial charge in [0.25, 0.3) is 11.8 Å². The van der Waals surface area contributed by atoms with Crippen molar-refractivity contribution in [1.82, 2.24) is 15.6 Å². The summed E-state index contributed by atoms with van der Waals surface area (Å²) in [5.74, 6) is 0.857. The fourth-order valence-corrected chi connectivity index (χ4v) is 3.48. The molecule has 0 spiro atoms. The molecule has 1 heterocycles. The number of carbonyl (C=O) groups is 2. The number of rotatable bonds is 8. The van der Waals surface area contributed by atoms with Crippen LogP contribution in [-0.2, 0) is 6.42 Å². The standard InChI is InChI=1S/C22H27N3O4/c1-28-19-8-7-15(13-20(19)29-2)9-11-24-22(27)18-14-16(10-12-23-18)21(26)25-17-5-3-4-6-17/h7-8,10,12-14,17H,3-6,9,11H2,1-2H3,(H,24,27)(H,25,26). The quantitative estimate of drug-likeness (QED) is 0.715. The second kappa shape index (κ2) is 9.91. The third kappa shape index (κ3) is 5.47. The van der Waals surface area contributed by atoms with Gasteiger partial charge in [0.05, 0.1) is 14.2 Å². The Labute approximate surface area is 170 Å². The minimum atomic E-state index is -0.305. The van der Waals surface area contributed by atoms with Gasteiger partial charge in [0, 0.05) is 24.3 Å². The average Bonchev–Trinajstić information content (AvgIpc) is 3.26. The van der Waals surface area contributed by atoms with Crippen molar-refractivity contribution in [2.45, 2.75) is 38.1 Å². The highest BCUT2D eigenvalue weighted by molar-refractivity contribution is 5.98. The Bertz CT molecular complexity index is 863. The minimum absolute atomic E-state index is 0.154. The second-order valence-corrected chi connectivity index (χ2v) is 7.08. The van der Waals surface area contributed by atoms with Gasteiger partial charge >= 0.3 is 0 Å². The van der Waals surface area contributed by atoms with Crippen LogP contribution in [0.4, 0.5) is 0 Å². The molecule has 1 aromatic carbocycles. The van der Waals surface area contributed by atoms with Gasteiger partial charge in [0.1, 0.15) is 5.69 Å².